The minimum Gasteiger partial charge on any atom is -0.465 e. The fraction of sp³-hybridized carbons (Fsp3) is 0.450. The molecule has 26 heavy (non-hydrogen) atoms. The molecule has 0 radical (unpaired) electrons. The lowest BCUT2D eigenvalue weighted by atomic mass is 9.84. The van der Waals surface area contributed by atoms with Crippen molar-refractivity contribution in [3.05, 3.63) is 40.3 Å². The highest BCUT2D eigenvalue weighted by molar-refractivity contribution is 8.18. The molecule has 1 saturated carbocycles. The summed E-state index contributed by atoms with van der Waals surface area (Å²) in [5, 5.41) is -0.189. The van der Waals surface area contributed by atoms with Crippen molar-refractivity contribution >= 4 is 35.0 Å². The minimum atomic E-state index is -0.404. The zero-order valence-corrected chi connectivity index (χ0v) is 15.9. The van der Waals surface area contributed by atoms with Gasteiger partial charge in [0.25, 0.3) is 11.1 Å². The molecule has 1 aromatic rings. The zero-order chi connectivity index (χ0) is 18.7. The van der Waals surface area contributed by atoms with E-state index < -0.39 is 5.97 Å². The van der Waals surface area contributed by atoms with Crippen LogP contribution in [0.1, 0.15) is 54.9 Å². The van der Waals surface area contributed by atoms with Gasteiger partial charge in [0.2, 0.25) is 0 Å². The normalized spacial score (nSPS) is 21.3. The average Bonchev–Trinajstić information content (AvgIpc) is 2.95. The van der Waals surface area contributed by atoms with E-state index in [-0.39, 0.29) is 17.2 Å². The number of ether oxygens (including phenoxy) is 1. The molecule has 2 aliphatic rings. The molecule has 1 aromatic carbocycles. The molecule has 0 N–H and O–H groups in total. The molecule has 5 nitrogen and oxygen atoms in total. The summed E-state index contributed by atoms with van der Waals surface area (Å²) in [6, 6.07) is 6.71. The van der Waals surface area contributed by atoms with Crippen LogP contribution in [-0.2, 0) is 9.53 Å². The third kappa shape index (κ3) is 3.85. The third-order valence-corrected chi connectivity index (χ3v) is 6.08. The predicted octanol–water partition coefficient (Wildman–Crippen LogP) is 4.48. The SMILES string of the molecule is COC(=O)c1ccc(C=C2SC(=O)N(C(C)C3CCCCC3)C2=O)cc1. The van der Waals surface area contributed by atoms with Gasteiger partial charge < -0.3 is 4.74 Å². The number of rotatable bonds is 4. The van der Waals surface area contributed by atoms with Crippen molar-refractivity contribution in [2.75, 3.05) is 7.11 Å². The van der Waals surface area contributed by atoms with E-state index in [2.05, 4.69) is 4.74 Å². The fourth-order valence-corrected chi connectivity index (χ4v) is 4.56. The summed E-state index contributed by atoms with van der Waals surface area (Å²) in [6.45, 7) is 1.99. The molecule has 1 atom stereocenters. The van der Waals surface area contributed by atoms with Gasteiger partial charge in [-0.05, 0) is 61.2 Å². The van der Waals surface area contributed by atoms with Crippen molar-refractivity contribution in [1.82, 2.24) is 4.90 Å². The summed E-state index contributed by atoms with van der Waals surface area (Å²) in [5.41, 5.74) is 1.22. The van der Waals surface area contributed by atoms with E-state index in [1.54, 1.807) is 30.3 Å². The summed E-state index contributed by atoms with van der Waals surface area (Å²) in [7, 11) is 1.33. The van der Waals surface area contributed by atoms with E-state index in [0.29, 0.717) is 16.4 Å². The van der Waals surface area contributed by atoms with E-state index in [1.165, 1.54) is 31.3 Å². The number of amides is 2. The van der Waals surface area contributed by atoms with E-state index in [4.69, 9.17) is 0 Å². The van der Waals surface area contributed by atoms with Gasteiger partial charge in [-0.25, -0.2) is 4.79 Å². The van der Waals surface area contributed by atoms with Gasteiger partial charge in [-0.1, -0.05) is 31.4 Å². The molecule has 1 aliphatic carbocycles. The first-order valence-electron chi connectivity index (χ1n) is 8.96. The Kier molecular flexibility index (Phi) is 5.81. The second-order valence-corrected chi connectivity index (χ2v) is 7.80. The number of hydrogen-bond acceptors (Lipinski definition) is 5. The number of thioether (sulfide) groups is 1. The Morgan fingerprint density at radius 1 is 1.19 bits per heavy atom. The molecule has 1 aliphatic heterocycles. The van der Waals surface area contributed by atoms with Crippen molar-refractivity contribution in [2.24, 2.45) is 5.92 Å². The van der Waals surface area contributed by atoms with Crippen LogP contribution in [0.3, 0.4) is 0 Å². The first-order valence-corrected chi connectivity index (χ1v) is 9.78. The molecule has 2 amide bonds. The quantitative estimate of drug-likeness (QED) is 0.575. The van der Waals surface area contributed by atoms with Crippen LogP contribution >= 0.6 is 11.8 Å². The van der Waals surface area contributed by atoms with Gasteiger partial charge in [0.1, 0.15) is 0 Å². The van der Waals surface area contributed by atoms with Gasteiger partial charge in [-0.3, -0.25) is 14.5 Å². The topological polar surface area (TPSA) is 63.7 Å². The van der Waals surface area contributed by atoms with Crippen molar-refractivity contribution in [2.45, 2.75) is 45.1 Å². The number of carbonyl (C=O) groups is 3. The summed E-state index contributed by atoms with van der Waals surface area (Å²) in [4.78, 5) is 38.5. The maximum Gasteiger partial charge on any atom is 0.337 e. The van der Waals surface area contributed by atoms with Crippen molar-refractivity contribution < 1.29 is 19.1 Å². The number of nitrogens with zero attached hydrogens (tertiary/aromatic N) is 1. The third-order valence-electron chi connectivity index (χ3n) is 5.19. The van der Waals surface area contributed by atoms with Gasteiger partial charge in [0.15, 0.2) is 0 Å². The molecular weight excluding hydrogens is 350 g/mol. The van der Waals surface area contributed by atoms with Gasteiger partial charge in [-0.2, -0.15) is 0 Å². The van der Waals surface area contributed by atoms with Gasteiger partial charge >= 0.3 is 5.97 Å². The van der Waals surface area contributed by atoms with Crippen molar-refractivity contribution in [3.63, 3.8) is 0 Å². The molecule has 138 valence electrons. The number of methoxy groups -OCH3 is 1. The Hall–Kier alpha value is -2.08. The highest BCUT2D eigenvalue weighted by Crippen LogP contribution is 2.38. The van der Waals surface area contributed by atoms with Crippen LogP contribution in [0.4, 0.5) is 4.79 Å². The van der Waals surface area contributed by atoms with Gasteiger partial charge in [0, 0.05) is 6.04 Å². The molecule has 0 spiro atoms. The highest BCUT2D eigenvalue weighted by atomic mass is 32.2. The largest absolute Gasteiger partial charge is 0.465 e. The molecule has 3 rings (SSSR count). The monoisotopic (exact) mass is 373 g/mol. The Balaban J connectivity index is 1.75. The Morgan fingerprint density at radius 3 is 2.46 bits per heavy atom. The lowest BCUT2D eigenvalue weighted by Crippen LogP contribution is -2.42. The fourth-order valence-electron chi connectivity index (χ4n) is 3.64. The van der Waals surface area contributed by atoms with Crippen LogP contribution in [0.25, 0.3) is 6.08 Å². The number of imide groups is 1. The lowest BCUT2D eigenvalue weighted by Gasteiger charge is -2.32. The number of benzene rings is 1. The number of hydrogen-bond donors (Lipinski definition) is 0. The van der Waals surface area contributed by atoms with E-state index in [0.717, 1.165) is 30.2 Å². The first kappa shape index (κ1) is 18.7. The summed E-state index contributed by atoms with van der Waals surface area (Å²) in [6.07, 6.45) is 7.46. The average molecular weight is 373 g/mol. The second-order valence-electron chi connectivity index (χ2n) is 6.80. The molecule has 6 heteroatoms. The van der Waals surface area contributed by atoms with E-state index in [1.807, 2.05) is 6.92 Å². The van der Waals surface area contributed by atoms with Crippen LogP contribution in [-0.4, -0.2) is 35.2 Å². The molecule has 2 fully saturated rings. The van der Waals surface area contributed by atoms with E-state index in [9.17, 15) is 14.4 Å². The van der Waals surface area contributed by atoms with Crippen LogP contribution in [0.2, 0.25) is 0 Å². The standard InChI is InChI=1S/C20H23NO4S/c1-13(15-6-4-3-5-7-15)21-18(22)17(26-20(21)24)12-14-8-10-16(11-9-14)19(23)25-2/h8-13,15H,3-7H2,1-2H3. The maximum atomic E-state index is 12.8. The minimum absolute atomic E-state index is 0.0598. The van der Waals surface area contributed by atoms with Crippen molar-refractivity contribution in [3.8, 4) is 0 Å². The van der Waals surface area contributed by atoms with Crippen LogP contribution < -0.4 is 0 Å². The number of esters is 1. The molecule has 1 saturated heterocycles. The molecule has 0 aromatic heterocycles. The molecular formula is C20H23NO4S. The van der Waals surface area contributed by atoms with Gasteiger partial charge in [-0.15, -0.1) is 0 Å². The second kappa shape index (κ2) is 8.08. The first-order chi connectivity index (χ1) is 12.5. The molecule has 1 heterocycles. The Labute approximate surface area is 157 Å². The smallest absolute Gasteiger partial charge is 0.337 e. The summed E-state index contributed by atoms with van der Waals surface area (Å²) < 4.78 is 4.67. The number of carbonyl (C=O) groups excluding carboxylic acids is 3. The van der Waals surface area contributed by atoms with Crippen LogP contribution in [0.5, 0.6) is 0 Å². The summed E-state index contributed by atoms with van der Waals surface area (Å²) >= 11 is 0.991. The highest BCUT2D eigenvalue weighted by Gasteiger charge is 2.40. The maximum absolute atomic E-state index is 12.8. The Bertz CT molecular complexity index is 735. The lowest BCUT2D eigenvalue weighted by molar-refractivity contribution is -0.125. The van der Waals surface area contributed by atoms with Crippen LogP contribution in [0, 0.1) is 5.92 Å². The Morgan fingerprint density at radius 2 is 1.85 bits per heavy atom. The predicted molar refractivity (Wildman–Crippen MR) is 102 cm³/mol. The molecule has 0 bridgehead atoms. The molecule has 1 unspecified atom stereocenters. The van der Waals surface area contributed by atoms with Crippen LogP contribution in [0.15, 0.2) is 29.2 Å². The summed E-state index contributed by atoms with van der Waals surface area (Å²) in [5.74, 6) is -0.218. The van der Waals surface area contributed by atoms with Gasteiger partial charge in [0.05, 0.1) is 17.6 Å². The zero-order valence-electron chi connectivity index (χ0n) is 15.1. The van der Waals surface area contributed by atoms with E-state index >= 15 is 0 Å². The van der Waals surface area contributed by atoms with Crippen molar-refractivity contribution in [1.29, 1.82) is 0 Å².